The molecule has 0 saturated carbocycles. The molecule has 1 unspecified atom stereocenters. The second-order valence-corrected chi connectivity index (χ2v) is 4.14. The number of aromatic nitrogens is 3. The van der Waals surface area contributed by atoms with E-state index in [0.717, 1.165) is 5.69 Å². The molecule has 0 spiro atoms. The summed E-state index contributed by atoms with van der Waals surface area (Å²) in [5.41, 5.74) is 6.79. The smallest absolute Gasteiger partial charge is 0.332 e. The largest absolute Gasteiger partial charge is 0.464 e. The summed E-state index contributed by atoms with van der Waals surface area (Å²) < 4.78 is 6.38. The average Bonchev–Trinajstić information content (AvgIpc) is 3.01. The number of carbonyl (C=O) groups excluding carboxylic acids is 2. The van der Waals surface area contributed by atoms with Gasteiger partial charge >= 0.3 is 5.97 Å². The van der Waals surface area contributed by atoms with Crippen LogP contribution < -0.4 is 11.1 Å². The summed E-state index contributed by atoms with van der Waals surface area (Å²) in [5.74, 6) is -1.39. The highest BCUT2D eigenvalue weighted by Gasteiger charge is 2.23. The Morgan fingerprint density at radius 1 is 1.38 bits per heavy atom. The molecule has 2 aromatic rings. The summed E-state index contributed by atoms with van der Waals surface area (Å²) in [6.07, 6.45) is 3.07. The number of ether oxygens (including phenoxy) is 1. The number of carbonyl (C=O) groups is 2. The van der Waals surface area contributed by atoms with Gasteiger partial charge in [-0.3, -0.25) is 9.36 Å². The van der Waals surface area contributed by atoms with Crippen molar-refractivity contribution in [2.24, 2.45) is 5.73 Å². The maximum absolute atomic E-state index is 11.9. The van der Waals surface area contributed by atoms with Crippen LogP contribution in [0.1, 0.15) is 6.92 Å². The van der Waals surface area contributed by atoms with Crippen molar-refractivity contribution in [3.05, 3.63) is 36.9 Å². The van der Waals surface area contributed by atoms with E-state index in [9.17, 15) is 9.59 Å². The monoisotopic (exact) mass is 289 g/mol. The Morgan fingerprint density at radius 3 is 2.76 bits per heavy atom. The molecule has 1 amide bonds. The van der Waals surface area contributed by atoms with E-state index in [0.29, 0.717) is 5.69 Å². The number of rotatable bonds is 5. The molecule has 0 aliphatic rings. The lowest BCUT2D eigenvalue weighted by atomic mass is 10.2. The molecule has 3 N–H and O–H groups in total. The molecule has 0 fully saturated rings. The quantitative estimate of drug-likeness (QED) is 0.596. The number of anilines is 1. The molecule has 110 valence electrons. The van der Waals surface area contributed by atoms with E-state index in [1.165, 1.54) is 12.7 Å². The Kier molecular flexibility index (Phi) is 4.62. The number of hydrogen-bond donors (Lipinski definition) is 2. The number of hydrogen-bond acceptors (Lipinski definition) is 6. The van der Waals surface area contributed by atoms with E-state index in [-0.39, 0.29) is 6.61 Å². The van der Waals surface area contributed by atoms with E-state index < -0.39 is 17.9 Å². The second-order valence-electron chi connectivity index (χ2n) is 4.14. The summed E-state index contributed by atoms with van der Waals surface area (Å²) >= 11 is 0. The number of nitrogens with two attached hydrogens (primary N) is 1. The molecule has 0 aliphatic carbocycles. The van der Waals surface area contributed by atoms with E-state index in [4.69, 9.17) is 10.5 Å². The molecule has 1 aromatic heterocycles. The van der Waals surface area contributed by atoms with Gasteiger partial charge in [-0.15, -0.1) is 10.2 Å². The minimum Gasteiger partial charge on any atom is -0.464 e. The lowest BCUT2D eigenvalue weighted by Crippen LogP contribution is -2.43. The average molecular weight is 289 g/mol. The topological polar surface area (TPSA) is 112 Å². The van der Waals surface area contributed by atoms with Crippen LogP contribution in [0.2, 0.25) is 0 Å². The maximum atomic E-state index is 11.9. The molecule has 1 atom stereocenters. The standard InChI is InChI=1S/C13H15N5O3/c1-2-21-13(20)11(14)12(19)17-9-4-3-5-10(6-9)18-7-15-16-8-18/h3-8,11H,2,14H2,1H3,(H,17,19). The second kappa shape index (κ2) is 6.62. The van der Waals surface area contributed by atoms with Gasteiger partial charge in [-0.25, -0.2) is 4.79 Å². The van der Waals surface area contributed by atoms with Crippen molar-refractivity contribution >= 4 is 17.6 Å². The number of nitrogens with zero attached hydrogens (tertiary/aromatic N) is 3. The van der Waals surface area contributed by atoms with E-state index in [2.05, 4.69) is 15.5 Å². The first-order valence-corrected chi connectivity index (χ1v) is 6.30. The number of esters is 1. The summed E-state index contributed by atoms with van der Waals surface area (Å²) in [5, 5.41) is 9.98. The molecular formula is C13H15N5O3. The van der Waals surface area contributed by atoms with Crippen LogP contribution in [0.3, 0.4) is 0 Å². The fourth-order valence-electron chi connectivity index (χ4n) is 1.64. The fourth-order valence-corrected chi connectivity index (χ4v) is 1.64. The number of amides is 1. The Balaban J connectivity index is 2.08. The highest BCUT2D eigenvalue weighted by Crippen LogP contribution is 2.14. The maximum Gasteiger partial charge on any atom is 0.332 e. The zero-order valence-electron chi connectivity index (χ0n) is 11.4. The normalized spacial score (nSPS) is 11.7. The summed E-state index contributed by atoms with van der Waals surface area (Å²) in [7, 11) is 0. The van der Waals surface area contributed by atoms with Crippen molar-refractivity contribution < 1.29 is 14.3 Å². The SMILES string of the molecule is CCOC(=O)C(N)C(=O)Nc1cccc(-n2cnnc2)c1. The van der Waals surface area contributed by atoms with Gasteiger partial charge in [0.05, 0.1) is 12.3 Å². The lowest BCUT2D eigenvalue weighted by molar-refractivity contribution is -0.146. The van der Waals surface area contributed by atoms with Gasteiger partial charge in [0.15, 0.2) is 6.04 Å². The van der Waals surface area contributed by atoms with Crippen LogP contribution in [0.25, 0.3) is 5.69 Å². The zero-order valence-corrected chi connectivity index (χ0v) is 11.4. The Bertz CT molecular complexity index is 626. The Labute approximate surface area is 120 Å². The van der Waals surface area contributed by atoms with Gasteiger partial charge in [0.2, 0.25) is 0 Å². The van der Waals surface area contributed by atoms with E-state index in [1.807, 2.05) is 6.07 Å². The predicted octanol–water partition coefficient (Wildman–Crippen LogP) is 0.0962. The van der Waals surface area contributed by atoms with Gasteiger partial charge in [0.1, 0.15) is 12.7 Å². The van der Waals surface area contributed by atoms with Crippen LogP contribution in [-0.4, -0.2) is 39.3 Å². The molecule has 8 nitrogen and oxygen atoms in total. The van der Waals surface area contributed by atoms with Crippen molar-refractivity contribution in [3.8, 4) is 5.69 Å². The van der Waals surface area contributed by atoms with Gasteiger partial charge in [0, 0.05) is 5.69 Å². The molecule has 0 saturated heterocycles. The molecule has 0 aliphatic heterocycles. The first-order chi connectivity index (χ1) is 10.1. The van der Waals surface area contributed by atoms with Gasteiger partial charge in [0.25, 0.3) is 5.91 Å². The predicted molar refractivity (Wildman–Crippen MR) is 74.6 cm³/mol. The first-order valence-electron chi connectivity index (χ1n) is 6.30. The molecule has 2 rings (SSSR count). The first kappa shape index (κ1) is 14.7. The van der Waals surface area contributed by atoms with Gasteiger partial charge in [-0.1, -0.05) is 6.07 Å². The van der Waals surface area contributed by atoms with Gasteiger partial charge < -0.3 is 15.8 Å². The van der Waals surface area contributed by atoms with E-state index in [1.54, 1.807) is 29.7 Å². The molecule has 8 heteroatoms. The highest BCUT2D eigenvalue weighted by molar-refractivity contribution is 6.08. The number of nitrogens with one attached hydrogen (secondary N) is 1. The Hall–Kier alpha value is -2.74. The highest BCUT2D eigenvalue weighted by atomic mass is 16.5. The molecule has 1 aromatic carbocycles. The van der Waals surface area contributed by atoms with Crippen LogP contribution in [0, 0.1) is 0 Å². The zero-order chi connectivity index (χ0) is 15.2. The van der Waals surface area contributed by atoms with Gasteiger partial charge in [-0.2, -0.15) is 0 Å². The van der Waals surface area contributed by atoms with Crippen molar-refractivity contribution in [2.75, 3.05) is 11.9 Å². The fraction of sp³-hybridized carbons (Fsp3) is 0.231. The van der Waals surface area contributed by atoms with Crippen LogP contribution in [0.5, 0.6) is 0 Å². The summed E-state index contributed by atoms with van der Waals surface area (Å²) in [6.45, 7) is 1.81. The molecule has 0 radical (unpaired) electrons. The van der Waals surface area contributed by atoms with Gasteiger partial charge in [-0.05, 0) is 25.1 Å². The van der Waals surface area contributed by atoms with Crippen LogP contribution >= 0.6 is 0 Å². The molecule has 0 bridgehead atoms. The van der Waals surface area contributed by atoms with Crippen molar-refractivity contribution in [2.45, 2.75) is 13.0 Å². The lowest BCUT2D eigenvalue weighted by Gasteiger charge is -2.12. The number of benzene rings is 1. The van der Waals surface area contributed by atoms with E-state index >= 15 is 0 Å². The minimum atomic E-state index is -1.36. The van der Waals surface area contributed by atoms with Crippen molar-refractivity contribution in [1.82, 2.24) is 14.8 Å². The molecular weight excluding hydrogens is 274 g/mol. The summed E-state index contributed by atoms with van der Waals surface area (Å²) in [4.78, 5) is 23.3. The van der Waals surface area contributed by atoms with Crippen LogP contribution in [0.4, 0.5) is 5.69 Å². The molecule has 21 heavy (non-hydrogen) atoms. The molecule has 1 heterocycles. The third-order valence-corrected chi connectivity index (χ3v) is 2.65. The third-order valence-electron chi connectivity index (χ3n) is 2.65. The minimum absolute atomic E-state index is 0.170. The van der Waals surface area contributed by atoms with Crippen molar-refractivity contribution in [1.29, 1.82) is 0 Å². The third kappa shape index (κ3) is 3.63. The summed E-state index contributed by atoms with van der Waals surface area (Å²) in [6, 6.07) is 5.61. The van der Waals surface area contributed by atoms with Crippen LogP contribution in [0.15, 0.2) is 36.9 Å². The van der Waals surface area contributed by atoms with Crippen LogP contribution in [-0.2, 0) is 14.3 Å². The Morgan fingerprint density at radius 2 is 2.10 bits per heavy atom. The van der Waals surface area contributed by atoms with Crippen molar-refractivity contribution in [3.63, 3.8) is 0 Å².